The number of fused-ring (bicyclic) bond motifs is 1. The van der Waals surface area contributed by atoms with Gasteiger partial charge in [0.05, 0.1) is 11.4 Å². The molecule has 1 aromatic carbocycles. The minimum absolute atomic E-state index is 0.354. The molecule has 1 fully saturated rings. The zero-order chi connectivity index (χ0) is 17.6. The number of nitrogens with zero attached hydrogens (tertiary/aromatic N) is 3. The molecule has 1 unspecified atom stereocenters. The van der Waals surface area contributed by atoms with Gasteiger partial charge in [-0.1, -0.05) is 29.8 Å². The van der Waals surface area contributed by atoms with Crippen LogP contribution in [0.4, 0.5) is 0 Å². The Bertz CT molecular complexity index is 930. The molecule has 6 nitrogen and oxygen atoms in total. The number of nitrogens with two attached hydrogens (primary N) is 1. The first kappa shape index (κ1) is 16.3. The van der Waals surface area contributed by atoms with Gasteiger partial charge in [0.15, 0.2) is 4.96 Å². The molecule has 1 aliphatic rings. The molecule has 130 valence electrons. The number of benzene rings is 1. The number of likely N-dealkylation sites (tertiary alicyclic amines) is 1. The number of aliphatic carboxylic acids is 1. The van der Waals surface area contributed by atoms with Crippen LogP contribution < -0.4 is 5.73 Å². The monoisotopic (exact) mass is 356 g/mol. The third-order valence-corrected chi connectivity index (χ3v) is 5.62. The molecule has 0 radical (unpaired) electrons. The Hall–Kier alpha value is -2.22. The van der Waals surface area contributed by atoms with Crippen molar-refractivity contribution >= 4 is 22.3 Å². The molecule has 0 amide bonds. The Morgan fingerprint density at radius 2 is 2.16 bits per heavy atom. The Kier molecular flexibility index (Phi) is 3.87. The van der Waals surface area contributed by atoms with E-state index in [0.29, 0.717) is 26.1 Å². The molecule has 3 N–H and O–H groups in total. The van der Waals surface area contributed by atoms with Crippen LogP contribution in [0.15, 0.2) is 35.8 Å². The van der Waals surface area contributed by atoms with E-state index in [9.17, 15) is 9.90 Å². The minimum atomic E-state index is -1.15. The molecule has 0 bridgehead atoms. The fourth-order valence-electron chi connectivity index (χ4n) is 3.36. The van der Waals surface area contributed by atoms with Gasteiger partial charge in [0, 0.05) is 36.8 Å². The molecule has 7 heteroatoms. The molecule has 0 saturated carbocycles. The van der Waals surface area contributed by atoms with Crippen LogP contribution in [0.1, 0.15) is 17.7 Å². The lowest BCUT2D eigenvalue weighted by molar-refractivity contribution is -0.142. The van der Waals surface area contributed by atoms with Gasteiger partial charge in [0.1, 0.15) is 5.54 Å². The molecule has 0 spiro atoms. The molecule has 1 aliphatic heterocycles. The smallest absolute Gasteiger partial charge is 0.325 e. The van der Waals surface area contributed by atoms with Crippen molar-refractivity contribution in [3.05, 3.63) is 47.1 Å². The maximum absolute atomic E-state index is 11.4. The van der Waals surface area contributed by atoms with Gasteiger partial charge in [-0.3, -0.25) is 14.1 Å². The van der Waals surface area contributed by atoms with Crippen LogP contribution >= 0.6 is 11.3 Å². The van der Waals surface area contributed by atoms with Crippen LogP contribution in [-0.2, 0) is 11.3 Å². The summed E-state index contributed by atoms with van der Waals surface area (Å²) in [5.41, 5.74) is 9.19. The molecule has 4 rings (SSSR count). The molecule has 25 heavy (non-hydrogen) atoms. The summed E-state index contributed by atoms with van der Waals surface area (Å²) in [5, 5.41) is 11.4. The Morgan fingerprint density at radius 1 is 1.40 bits per heavy atom. The number of rotatable bonds is 4. The van der Waals surface area contributed by atoms with Crippen molar-refractivity contribution < 1.29 is 9.90 Å². The summed E-state index contributed by atoms with van der Waals surface area (Å²) in [7, 11) is 0. The zero-order valence-electron chi connectivity index (χ0n) is 14.0. The highest BCUT2D eigenvalue weighted by Crippen LogP contribution is 2.30. The largest absolute Gasteiger partial charge is 0.480 e. The quantitative estimate of drug-likeness (QED) is 0.750. The highest BCUT2D eigenvalue weighted by atomic mass is 32.1. The SMILES string of the molecule is Cc1ccc(-c2nc3sccn3c2CN2CCC(N)(C(=O)O)C2)cc1. The van der Waals surface area contributed by atoms with E-state index < -0.39 is 11.5 Å². The van der Waals surface area contributed by atoms with Gasteiger partial charge in [-0.25, -0.2) is 4.98 Å². The van der Waals surface area contributed by atoms with Crippen LogP contribution in [0.2, 0.25) is 0 Å². The summed E-state index contributed by atoms with van der Waals surface area (Å²) in [6.45, 7) is 3.72. The summed E-state index contributed by atoms with van der Waals surface area (Å²) in [6, 6.07) is 8.33. The molecule has 0 aliphatic carbocycles. The summed E-state index contributed by atoms with van der Waals surface area (Å²) >= 11 is 1.60. The number of carboxylic acids is 1. The fraction of sp³-hybridized carbons (Fsp3) is 0.333. The van der Waals surface area contributed by atoms with Gasteiger partial charge in [-0.2, -0.15) is 0 Å². The number of carboxylic acid groups (broad SMARTS) is 1. The van der Waals surface area contributed by atoms with Crippen molar-refractivity contribution in [3.8, 4) is 11.3 Å². The van der Waals surface area contributed by atoms with Crippen molar-refractivity contribution in [3.63, 3.8) is 0 Å². The summed E-state index contributed by atoms with van der Waals surface area (Å²) in [6.07, 6.45) is 2.48. The van der Waals surface area contributed by atoms with Crippen LogP contribution in [0, 0.1) is 6.92 Å². The van der Waals surface area contributed by atoms with Gasteiger partial charge >= 0.3 is 5.97 Å². The van der Waals surface area contributed by atoms with E-state index in [1.54, 1.807) is 11.3 Å². The third-order valence-electron chi connectivity index (χ3n) is 4.87. The maximum Gasteiger partial charge on any atom is 0.325 e. The topological polar surface area (TPSA) is 83.9 Å². The summed E-state index contributed by atoms with van der Waals surface area (Å²) in [4.78, 5) is 19.2. The average Bonchev–Trinajstić information content (AvgIpc) is 3.25. The van der Waals surface area contributed by atoms with Crippen LogP contribution in [0.3, 0.4) is 0 Å². The predicted molar refractivity (Wildman–Crippen MR) is 97.7 cm³/mol. The molecule has 1 atom stereocenters. The van der Waals surface area contributed by atoms with Crippen molar-refractivity contribution in [2.45, 2.75) is 25.4 Å². The van der Waals surface area contributed by atoms with E-state index in [1.807, 2.05) is 11.6 Å². The Labute approximate surface area is 149 Å². The fourth-order valence-corrected chi connectivity index (χ4v) is 4.10. The Morgan fingerprint density at radius 3 is 2.84 bits per heavy atom. The number of aromatic nitrogens is 2. The second kappa shape index (κ2) is 5.94. The standard InChI is InChI=1S/C18H20N4O2S/c1-12-2-4-13(5-3-12)15-14(22-8-9-25-17(22)20-15)10-21-7-6-18(19,11-21)16(23)24/h2-5,8-9H,6-7,10-11,19H2,1H3,(H,23,24). The number of hydrogen-bond acceptors (Lipinski definition) is 5. The van der Waals surface area contributed by atoms with E-state index in [4.69, 9.17) is 10.7 Å². The van der Waals surface area contributed by atoms with Crippen molar-refractivity contribution in [1.82, 2.24) is 14.3 Å². The minimum Gasteiger partial charge on any atom is -0.480 e. The lowest BCUT2D eigenvalue weighted by atomic mass is 10.0. The van der Waals surface area contributed by atoms with Crippen LogP contribution in [0.5, 0.6) is 0 Å². The van der Waals surface area contributed by atoms with Gasteiger partial charge in [-0.15, -0.1) is 11.3 Å². The lowest BCUT2D eigenvalue weighted by Gasteiger charge is -2.20. The second-order valence-corrected chi connectivity index (χ2v) is 7.62. The number of thiazole rings is 1. The van der Waals surface area contributed by atoms with Gasteiger partial charge in [0.2, 0.25) is 0 Å². The third kappa shape index (κ3) is 2.84. The highest BCUT2D eigenvalue weighted by molar-refractivity contribution is 7.15. The van der Waals surface area contributed by atoms with Gasteiger partial charge < -0.3 is 10.8 Å². The summed E-state index contributed by atoms with van der Waals surface area (Å²) < 4.78 is 2.09. The number of carbonyl (C=O) groups is 1. The van der Waals surface area contributed by atoms with Crippen LogP contribution in [0.25, 0.3) is 16.2 Å². The molecule has 1 saturated heterocycles. The number of aryl methyl sites for hydroxylation is 1. The molecule has 2 aromatic heterocycles. The van der Waals surface area contributed by atoms with Gasteiger partial charge in [-0.05, 0) is 13.3 Å². The van der Waals surface area contributed by atoms with E-state index in [2.05, 4.69) is 40.5 Å². The van der Waals surface area contributed by atoms with Crippen LogP contribution in [-0.4, -0.2) is 44.0 Å². The number of hydrogen-bond donors (Lipinski definition) is 2. The van der Waals surface area contributed by atoms with E-state index in [-0.39, 0.29) is 0 Å². The van der Waals surface area contributed by atoms with E-state index in [0.717, 1.165) is 21.9 Å². The first-order valence-electron chi connectivity index (χ1n) is 8.22. The van der Waals surface area contributed by atoms with Crippen molar-refractivity contribution in [2.75, 3.05) is 13.1 Å². The maximum atomic E-state index is 11.4. The zero-order valence-corrected chi connectivity index (χ0v) is 14.8. The predicted octanol–water partition coefficient (Wildman–Crippen LogP) is 2.36. The number of imidazole rings is 1. The first-order chi connectivity index (χ1) is 12.0. The first-order valence-corrected chi connectivity index (χ1v) is 9.10. The molecular weight excluding hydrogens is 336 g/mol. The van der Waals surface area contributed by atoms with Crippen molar-refractivity contribution in [1.29, 1.82) is 0 Å². The highest BCUT2D eigenvalue weighted by Gasteiger charge is 2.41. The normalized spacial score (nSPS) is 21.2. The van der Waals surface area contributed by atoms with Crippen molar-refractivity contribution in [2.24, 2.45) is 5.73 Å². The molecular formula is C18H20N4O2S. The summed E-state index contributed by atoms with van der Waals surface area (Å²) in [5.74, 6) is -0.928. The second-order valence-electron chi connectivity index (χ2n) is 6.75. The Balaban J connectivity index is 1.69. The lowest BCUT2D eigenvalue weighted by Crippen LogP contribution is -2.50. The average molecular weight is 356 g/mol. The van der Waals surface area contributed by atoms with Gasteiger partial charge in [0.25, 0.3) is 0 Å². The van der Waals surface area contributed by atoms with E-state index >= 15 is 0 Å². The molecule has 3 aromatic rings. The van der Waals surface area contributed by atoms with E-state index in [1.165, 1.54) is 5.56 Å². The molecule has 3 heterocycles.